The third kappa shape index (κ3) is 3.17. The van der Waals surface area contributed by atoms with Crippen molar-refractivity contribution in [3.8, 4) is 0 Å². The second kappa shape index (κ2) is 5.19. The zero-order chi connectivity index (χ0) is 12.5. The van der Waals surface area contributed by atoms with Crippen molar-refractivity contribution < 1.29 is 8.42 Å². The topological polar surface area (TPSA) is 64.7 Å². The summed E-state index contributed by atoms with van der Waals surface area (Å²) in [6, 6.07) is 0.360. The van der Waals surface area contributed by atoms with Crippen LogP contribution in [-0.4, -0.2) is 69.0 Å². The maximum absolute atomic E-state index is 11.8. The monoisotopic (exact) mass is 262 g/mol. The molecule has 0 saturated carbocycles. The lowest BCUT2D eigenvalue weighted by molar-refractivity contribution is 0.0764. The third-order valence-electron chi connectivity index (χ3n) is 3.22. The zero-order valence-corrected chi connectivity index (χ0v) is 11.3. The molecule has 6 nitrogen and oxygen atoms in total. The molecule has 0 bridgehead atoms. The van der Waals surface area contributed by atoms with E-state index in [1.165, 1.54) is 4.31 Å². The molecule has 0 aromatic rings. The lowest BCUT2D eigenvalue weighted by atomic mass is 10.1. The Kier molecular flexibility index (Phi) is 4.04. The van der Waals surface area contributed by atoms with Crippen LogP contribution in [0.15, 0.2) is 0 Å². The van der Waals surface area contributed by atoms with Crippen LogP contribution in [0, 0.1) is 0 Å². The predicted molar refractivity (Wildman–Crippen MR) is 67.0 cm³/mol. The molecule has 7 heteroatoms. The van der Waals surface area contributed by atoms with Crippen LogP contribution in [0.5, 0.6) is 0 Å². The molecule has 2 aliphatic heterocycles. The number of hydrogen-bond acceptors (Lipinski definition) is 4. The van der Waals surface area contributed by atoms with Gasteiger partial charge in [0, 0.05) is 51.4 Å². The van der Waals surface area contributed by atoms with Crippen molar-refractivity contribution in [1.29, 1.82) is 0 Å². The van der Waals surface area contributed by atoms with Crippen LogP contribution in [0.1, 0.15) is 13.8 Å². The van der Waals surface area contributed by atoms with Gasteiger partial charge in [0.25, 0.3) is 10.2 Å². The summed E-state index contributed by atoms with van der Waals surface area (Å²) in [5, 5.41) is 3.30. The van der Waals surface area contributed by atoms with Crippen molar-refractivity contribution in [2.75, 3.05) is 39.3 Å². The van der Waals surface area contributed by atoms with E-state index in [1.54, 1.807) is 0 Å². The number of nitrogens with zero attached hydrogens (tertiary/aromatic N) is 2. The maximum atomic E-state index is 11.8. The molecule has 2 saturated heterocycles. The fourth-order valence-corrected chi connectivity index (χ4v) is 3.74. The molecule has 0 atom stereocenters. The van der Waals surface area contributed by atoms with Gasteiger partial charge in [0.15, 0.2) is 0 Å². The van der Waals surface area contributed by atoms with E-state index in [0.717, 1.165) is 26.2 Å². The van der Waals surface area contributed by atoms with Crippen LogP contribution in [0.25, 0.3) is 0 Å². The minimum absolute atomic E-state index is 0.0433. The molecular formula is C10H22N4O2S. The standard InChI is InChI=1S/C10H22N4O2S/c1-9(2)12-17(15,16)14-7-10(8-14)13-5-3-11-4-6-13/h9-12H,3-8H2,1-2H3. The molecule has 0 radical (unpaired) electrons. The summed E-state index contributed by atoms with van der Waals surface area (Å²) >= 11 is 0. The van der Waals surface area contributed by atoms with Gasteiger partial charge in [-0.1, -0.05) is 0 Å². The van der Waals surface area contributed by atoms with Crippen LogP contribution in [0.4, 0.5) is 0 Å². The smallest absolute Gasteiger partial charge is 0.279 e. The van der Waals surface area contributed by atoms with E-state index in [9.17, 15) is 8.42 Å². The number of nitrogens with one attached hydrogen (secondary N) is 2. The summed E-state index contributed by atoms with van der Waals surface area (Å²) in [5.74, 6) is 0. The van der Waals surface area contributed by atoms with Crippen molar-refractivity contribution in [3.05, 3.63) is 0 Å². The van der Waals surface area contributed by atoms with E-state index in [4.69, 9.17) is 0 Å². The Hall–Kier alpha value is -0.210. The van der Waals surface area contributed by atoms with E-state index >= 15 is 0 Å². The van der Waals surface area contributed by atoms with Gasteiger partial charge in [-0.15, -0.1) is 0 Å². The molecule has 0 spiro atoms. The van der Waals surface area contributed by atoms with Crippen LogP contribution >= 0.6 is 0 Å². The Balaban J connectivity index is 1.81. The number of rotatable bonds is 4. The van der Waals surface area contributed by atoms with E-state index in [1.807, 2.05) is 13.8 Å². The van der Waals surface area contributed by atoms with E-state index in [0.29, 0.717) is 19.1 Å². The summed E-state index contributed by atoms with van der Waals surface area (Å²) < 4.78 is 27.8. The van der Waals surface area contributed by atoms with Crippen LogP contribution in [0.2, 0.25) is 0 Å². The molecule has 2 aliphatic rings. The normalized spacial score (nSPS) is 25.1. The molecule has 0 aromatic carbocycles. The van der Waals surface area contributed by atoms with E-state index < -0.39 is 10.2 Å². The lowest BCUT2D eigenvalue weighted by Crippen LogP contribution is -2.65. The Bertz CT molecular complexity index is 345. The molecule has 2 heterocycles. The van der Waals surface area contributed by atoms with Crippen LogP contribution in [-0.2, 0) is 10.2 Å². The molecule has 17 heavy (non-hydrogen) atoms. The Morgan fingerprint density at radius 1 is 1.24 bits per heavy atom. The van der Waals surface area contributed by atoms with Gasteiger partial charge >= 0.3 is 0 Å². The molecule has 0 unspecified atom stereocenters. The quantitative estimate of drug-likeness (QED) is 0.669. The largest absolute Gasteiger partial charge is 0.314 e. The predicted octanol–water partition coefficient (Wildman–Crippen LogP) is -1.18. The first kappa shape index (κ1) is 13.2. The van der Waals surface area contributed by atoms with Gasteiger partial charge in [-0.3, -0.25) is 4.90 Å². The maximum Gasteiger partial charge on any atom is 0.279 e. The highest BCUT2D eigenvalue weighted by molar-refractivity contribution is 7.87. The molecular weight excluding hydrogens is 240 g/mol. The second-order valence-corrected chi connectivity index (χ2v) is 6.74. The molecule has 2 rings (SSSR count). The summed E-state index contributed by atoms with van der Waals surface area (Å²) in [7, 11) is -3.25. The van der Waals surface area contributed by atoms with Crippen molar-refractivity contribution in [3.63, 3.8) is 0 Å². The highest BCUT2D eigenvalue weighted by Crippen LogP contribution is 2.18. The first-order valence-electron chi connectivity index (χ1n) is 6.21. The first-order valence-corrected chi connectivity index (χ1v) is 7.65. The average Bonchev–Trinajstić information content (AvgIpc) is 2.14. The van der Waals surface area contributed by atoms with Gasteiger partial charge in [-0.25, -0.2) is 0 Å². The zero-order valence-electron chi connectivity index (χ0n) is 10.5. The van der Waals surface area contributed by atoms with Crippen LogP contribution in [0.3, 0.4) is 0 Å². The summed E-state index contributed by atoms with van der Waals surface area (Å²) in [6.45, 7) is 8.99. The van der Waals surface area contributed by atoms with Crippen molar-refractivity contribution in [2.24, 2.45) is 0 Å². The summed E-state index contributed by atoms with van der Waals surface area (Å²) in [6.07, 6.45) is 0. The minimum Gasteiger partial charge on any atom is -0.314 e. The van der Waals surface area contributed by atoms with E-state index in [2.05, 4.69) is 14.9 Å². The van der Waals surface area contributed by atoms with Crippen molar-refractivity contribution in [2.45, 2.75) is 25.9 Å². The molecule has 2 fully saturated rings. The Morgan fingerprint density at radius 2 is 1.82 bits per heavy atom. The minimum atomic E-state index is -3.25. The van der Waals surface area contributed by atoms with Gasteiger partial charge in [0.1, 0.15) is 0 Å². The van der Waals surface area contributed by atoms with Gasteiger partial charge in [-0.05, 0) is 13.8 Å². The molecule has 2 N–H and O–H groups in total. The fraction of sp³-hybridized carbons (Fsp3) is 1.00. The van der Waals surface area contributed by atoms with Gasteiger partial charge < -0.3 is 5.32 Å². The van der Waals surface area contributed by atoms with Gasteiger partial charge in [0.05, 0.1) is 0 Å². The number of hydrogen-bond donors (Lipinski definition) is 2. The molecule has 100 valence electrons. The molecule has 0 aliphatic carbocycles. The SMILES string of the molecule is CC(C)NS(=O)(=O)N1CC(N2CCNCC2)C1. The van der Waals surface area contributed by atoms with Gasteiger partial charge in [-0.2, -0.15) is 17.4 Å². The molecule has 0 amide bonds. The summed E-state index contributed by atoms with van der Waals surface area (Å²) in [5.41, 5.74) is 0. The average molecular weight is 262 g/mol. The third-order valence-corrected chi connectivity index (χ3v) is 4.97. The van der Waals surface area contributed by atoms with Crippen molar-refractivity contribution >= 4 is 10.2 Å². The van der Waals surface area contributed by atoms with E-state index in [-0.39, 0.29) is 6.04 Å². The van der Waals surface area contributed by atoms with Crippen LogP contribution < -0.4 is 10.0 Å². The Morgan fingerprint density at radius 3 is 2.35 bits per heavy atom. The second-order valence-electron chi connectivity index (χ2n) is 5.03. The lowest BCUT2D eigenvalue weighted by Gasteiger charge is -2.45. The van der Waals surface area contributed by atoms with Crippen molar-refractivity contribution in [1.82, 2.24) is 19.2 Å². The Labute approximate surface area is 104 Å². The first-order chi connectivity index (χ1) is 7.99. The highest BCUT2D eigenvalue weighted by atomic mass is 32.2. The fourth-order valence-electron chi connectivity index (χ4n) is 2.26. The summed E-state index contributed by atoms with van der Waals surface area (Å²) in [4.78, 5) is 2.37. The van der Waals surface area contributed by atoms with Gasteiger partial charge in [0.2, 0.25) is 0 Å². The highest BCUT2D eigenvalue weighted by Gasteiger charge is 2.39. The number of piperazine rings is 1. The molecule has 0 aromatic heterocycles.